The minimum atomic E-state index is -3.09. The molecule has 1 aromatic carbocycles. The molecule has 0 aliphatic rings. The molecular weight excluding hydrogens is 273 g/mol. The quantitative estimate of drug-likeness (QED) is 0.713. The zero-order valence-corrected chi connectivity index (χ0v) is 10.4. The van der Waals surface area contributed by atoms with Crippen LogP contribution in [-0.4, -0.2) is 23.1 Å². The summed E-state index contributed by atoms with van der Waals surface area (Å²) in [6, 6.07) is 2.05. The van der Waals surface area contributed by atoms with Crippen molar-refractivity contribution in [1.29, 1.82) is 0 Å². The largest absolute Gasteiger partial charge is 0.432 e. The molecule has 4 N–H and O–H groups in total. The van der Waals surface area contributed by atoms with Gasteiger partial charge in [0.25, 0.3) is 0 Å². The predicted octanol–water partition coefficient (Wildman–Crippen LogP) is 2.39. The van der Waals surface area contributed by atoms with Crippen molar-refractivity contribution in [2.45, 2.75) is 13.0 Å². The lowest BCUT2D eigenvalue weighted by Gasteiger charge is -2.12. The van der Waals surface area contributed by atoms with Gasteiger partial charge in [-0.2, -0.15) is 8.78 Å². The number of imidazole rings is 1. The molecule has 8 heteroatoms. The summed E-state index contributed by atoms with van der Waals surface area (Å²) in [5, 5.41) is 2.92. The Balaban J connectivity index is 2.02. The molecule has 0 amide bonds. The highest BCUT2D eigenvalue weighted by Gasteiger charge is 2.13. The zero-order valence-electron chi connectivity index (χ0n) is 10.4. The molecule has 5 nitrogen and oxygen atoms in total. The maximum atomic E-state index is 13.4. The number of H-pyrrole nitrogens is 1. The lowest BCUT2D eigenvalue weighted by atomic mass is 10.2. The minimum absolute atomic E-state index is 0.114. The minimum Gasteiger partial charge on any atom is -0.432 e. The summed E-state index contributed by atoms with van der Waals surface area (Å²) in [5.41, 5.74) is 6.05. The molecule has 0 aliphatic carbocycles. The van der Waals surface area contributed by atoms with Crippen molar-refractivity contribution >= 4 is 11.4 Å². The molecule has 20 heavy (non-hydrogen) atoms. The van der Waals surface area contributed by atoms with Crippen LogP contribution in [0.4, 0.5) is 24.5 Å². The number of nitrogens with two attached hydrogens (primary N) is 1. The molecule has 2 rings (SSSR count). The first-order valence-electron chi connectivity index (χ1n) is 5.82. The number of halogens is 3. The van der Waals surface area contributed by atoms with Gasteiger partial charge in [-0.15, -0.1) is 0 Å². The second-order valence-corrected chi connectivity index (χ2v) is 3.96. The number of aromatic amines is 1. The van der Waals surface area contributed by atoms with Crippen LogP contribution < -0.4 is 15.8 Å². The summed E-state index contributed by atoms with van der Waals surface area (Å²) >= 11 is 0. The van der Waals surface area contributed by atoms with E-state index in [4.69, 9.17) is 5.73 Å². The second-order valence-electron chi connectivity index (χ2n) is 3.96. The number of ether oxygens (including phenoxy) is 1. The van der Waals surface area contributed by atoms with Gasteiger partial charge in [0, 0.05) is 37.5 Å². The van der Waals surface area contributed by atoms with Gasteiger partial charge in [-0.25, -0.2) is 9.37 Å². The molecule has 1 aromatic heterocycles. The van der Waals surface area contributed by atoms with Gasteiger partial charge in [-0.1, -0.05) is 0 Å². The Morgan fingerprint density at radius 3 is 2.85 bits per heavy atom. The number of aromatic nitrogens is 2. The van der Waals surface area contributed by atoms with E-state index >= 15 is 0 Å². The number of hydrogen-bond acceptors (Lipinski definition) is 4. The van der Waals surface area contributed by atoms with E-state index in [0.29, 0.717) is 18.7 Å². The number of rotatable bonds is 6. The standard InChI is InChI=1S/C12H13F3N4O/c13-7-5-8(16)9(6-10(7)20-12(14)15)17-2-1-11-18-3-4-19-11/h3-6,12,17H,1-2,16H2,(H,18,19). The van der Waals surface area contributed by atoms with Gasteiger partial charge in [-0.3, -0.25) is 0 Å². The molecule has 0 aliphatic heterocycles. The average Bonchev–Trinajstić information content (AvgIpc) is 2.87. The average molecular weight is 286 g/mol. The van der Waals surface area contributed by atoms with Crippen LogP contribution >= 0.6 is 0 Å². The van der Waals surface area contributed by atoms with Gasteiger partial charge < -0.3 is 20.8 Å². The third kappa shape index (κ3) is 3.56. The van der Waals surface area contributed by atoms with Crippen LogP contribution in [0, 0.1) is 5.82 Å². The second kappa shape index (κ2) is 6.18. The van der Waals surface area contributed by atoms with Crippen LogP contribution in [0.3, 0.4) is 0 Å². The molecule has 0 radical (unpaired) electrons. The smallest absolute Gasteiger partial charge is 0.387 e. The van der Waals surface area contributed by atoms with E-state index in [2.05, 4.69) is 20.0 Å². The van der Waals surface area contributed by atoms with Crippen molar-refractivity contribution in [2.75, 3.05) is 17.6 Å². The van der Waals surface area contributed by atoms with Crippen molar-refractivity contribution < 1.29 is 17.9 Å². The number of nitrogens with zero attached hydrogens (tertiary/aromatic N) is 1. The highest BCUT2D eigenvalue weighted by Crippen LogP contribution is 2.29. The molecule has 0 saturated heterocycles. The van der Waals surface area contributed by atoms with Gasteiger partial charge in [-0.05, 0) is 0 Å². The first-order valence-corrected chi connectivity index (χ1v) is 5.82. The van der Waals surface area contributed by atoms with Gasteiger partial charge in [0.05, 0.1) is 11.4 Å². The van der Waals surface area contributed by atoms with Gasteiger partial charge >= 0.3 is 6.61 Å². The summed E-state index contributed by atoms with van der Waals surface area (Å²) in [6.07, 6.45) is 3.89. The van der Waals surface area contributed by atoms with E-state index in [1.54, 1.807) is 12.4 Å². The van der Waals surface area contributed by atoms with Crippen LogP contribution in [0.15, 0.2) is 24.5 Å². The number of hydrogen-bond donors (Lipinski definition) is 3. The Morgan fingerprint density at radius 1 is 1.40 bits per heavy atom. The van der Waals surface area contributed by atoms with E-state index in [9.17, 15) is 13.2 Å². The molecule has 108 valence electrons. The SMILES string of the molecule is Nc1cc(F)c(OC(F)F)cc1NCCc1ncc[nH]1. The summed E-state index contributed by atoms with van der Waals surface area (Å²) in [7, 11) is 0. The molecule has 0 saturated carbocycles. The molecular formula is C12H13F3N4O. The Kier molecular flexibility index (Phi) is 4.34. The first kappa shape index (κ1) is 14.0. The molecule has 0 spiro atoms. The van der Waals surface area contributed by atoms with Crippen LogP contribution in [0.1, 0.15) is 5.82 Å². The Morgan fingerprint density at radius 2 is 2.20 bits per heavy atom. The first-order chi connectivity index (χ1) is 9.56. The maximum absolute atomic E-state index is 13.4. The van der Waals surface area contributed by atoms with Crippen molar-refractivity contribution in [3.8, 4) is 5.75 Å². The zero-order chi connectivity index (χ0) is 14.5. The molecule has 0 fully saturated rings. The Bertz CT molecular complexity index is 560. The monoisotopic (exact) mass is 286 g/mol. The number of alkyl halides is 2. The number of nitrogens with one attached hydrogen (secondary N) is 2. The Labute approximate surface area is 113 Å². The van der Waals surface area contributed by atoms with E-state index in [1.165, 1.54) is 0 Å². The number of benzene rings is 1. The summed E-state index contributed by atoms with van der Waals surface area (Å²) in [5.74, 6) is -0.712. The van der Waals surface area contributed by atoms with E-state index in [0.717, 1.165) is 18.0 Å². The van der Waals surface area contributed by atoms with Crippen LogP contribution in [0.2, 0.25) is 0 Å². The van der Waals surface area contributed by atoms with Crippen molar-refractivity contribution in [1.82, 2.24) is 9.97 Å². The normalized spacial score (nSPS) is 10.8. The van der Waals surface area contributed by atoms with Crippen LogP contribution in [0.25, 0.3) is 0 Å². The van der Waals surface area contributed by atoms with Gasteiger partial charge in [0.15, 0.2) is 11.6 Å². The third-order valence-electron chi connectivity index (χ3n) is 2.55. The van der Waals surface area contributed by atoms with Crippen molar-refractivity contribution in [3.63, 3.8) is 0 Å². The van der Waals surface area contributed by atoms with Gasteiger partial charge in [0.1, 0.15) is 5.82 Å². The lowest BCUT2D eigenvalue weighted by molar-refractivity contribution is -0.0521. The van der Waals surface area contributed by atoms with Crippen LogP contribution in [0.5, 0.6) is 5.75 Å². The summed E-state index contributed by atoms with van der Waals surface area (Å²) in [6.45, 7) is -2.64. The van der Waals surface area contributed by atoms with Crippen molar-refractivity contribution in [3.05, 3.63) is 36.2 Å². The summed E-state index contributed by atoms with van der Waals surface area (Å²) in [4.78, 5) is 6.95. The third-order valence-corrected chi connectivity index (χ3v) is 2.55. The molecule has 0 unspecified atom stereocenters. The molecule has 0 atom stereocenters. The topological polar surface area (TPSA) is 76.0 Å². The fourth-order valence-corrected chi connectivity index (χ4v) is 1.66. The highest BCUT2D eigenvalue weighted by atomic mass is 19.3. The van der Waals surface area contributed by atoms with Crippen molar-refractivity contribution in [2.24, 2.45) is 0 Å². The number of nitrogen functional groups attached to an aromatic ring is 1. The van der Waals surface area contributed by atoms with E-state index in [1.807, 2.05) is 0 Å². The summed E-state index contributed by atoms with van der Waals surface area (Å²) < 4.78 is 41.7. The molecule has 1 heterocycles. The number of anilines is 2. The van der Waals surface area contributed by atoms with E-state index < -0.39 is 18.2 Å². The van der Waals surface area contributed by atoms with Gasteiger partial charge in [0.2, 0.25) is 0 Å². The fourth-order valence-electron chi connectivity index (χ4n) is 1.66. The predicted molar refractivity (Wildman–Crippen MR) is 68.2 cm³/mol. The fraction of sp³-hybridized carbons (Fsp3) is 0.250. The Hall–Kier alpha value is -2.38. The van der Waals surface area contributed by atoms with Crippen LogP contribution in [-0.2, 0) is 6.42 Å². The lowest BCUT2D eigenvalue weighted by Crippen LogP contribution is -2.10. The molecule has 0 bridgehead atoms. The maximum Gasteiger partial charge on any atom is 0.387 e. The highest BCUT2D eigenvalue weighted by molar-refractivity contribution is 5.68. The molecule has 2 aromatic rings. The van der Waals surface area contributed by atoms with E-state index in [-0.39, 0.29) is 5.69 Å².